The molecule has 0 bridgehead atoms. The summed E-state index contributed by atoms with van der Waals surface area (Å²) in [6.07, 6.45) is 1.55. The number of halogens is 2. The number of Topliss-reactive ketones (excluding diaryl/α,β-unsaturated/α-hetero) is 1. The first-order valence-corrected chi connectivity index (χ1v) is 5.83. The topological polar surface area (TPSA) is 17.1 Å². The first-order chi connectivity index (χ1) is 7.11. The predicted octanol–water partition coefficient (Wildman–Crippen LogP) is 4.08. The van der Waals surface area contributed by atoms with Gasteiger partial charge < -0.3 is 0 Å². The van der Waals surface area contributed by atoms with Crippen LogP contribution in [0.15, 0.2) is 18.2 Å². The summed E-state index contributed by atoms with van der Waals surface area (Å²) in [7, 11) is 0. The van der Waals surface area contributed by atoms with Crippen molar-refractivity contribution in [1.82, 2.24) is 0 Å². The Balaban J connectivity index is 2.38. The van der Waals surface area contributed by atoms with E-state index in [-0.39, 0.29) is 11.8 Å². The zero-order chi connectivity index (χ0) is 11.0. The van der Waals surface area contributed by atoms with Crippen molar-refractivity contribution in [3.63, 3.8) is 0 Å². The minimum absolute atomic E-state index is 0.0703. The van der Waals surface area contributed by atoms with Crippen LogP contribution in [0, 0.1) is 5.92 Å². The van der Waals surface area contributed by atoms with Gasteiger partial charge in [0, 0.05) is 12.3 Å². The van der Waals surface area contributed by atoms with E-state index < -0.39 is 0 Å². The standard InChI is InChI=1S/C12H12Cl2O/c1-7-8(5-6-11(7)15)9-3-2-4-10(13)12(9)14/h2-4,7-8H,5-6H2,1H3. The third-order valence-corrected chi connectivity index (χ3v) is 4.03. The zero-order valence-corrected chi connectivity index (χ0v) is 9.98. The van der Waals surface area contributed by atoms with Gasteiger partial charge in [-0.05, 0) is 24.0 Å². The molecule has 1 aliphatic rings. The normalized spacial score (nSPS) is 25.9. The van der Waals surface area contributed by atoms with Gasteiger partial charge in [-0.25, -0.2) is 0 Å². The molecule has 1 aromatic rings. The van der Waals surface area contributed by atoms with Crippen LogP contribution in [0.25, 0.3) is 0 Å². The summed E-state index contributed by atoms with van der Waals surface area (Å²) in [5, 5.41) is 1.17. The number of ketones is 1. The monoisotopic (exact) mass is 242 g/mol. The highest BCUT2D eigenvalue weighted by molar-refractivity contribution is 6.42. The van der Waals surface area contributed by atoms with Crippen LogP contribution in [0.4, 0.5) is 0 Å². The SMILES string of the molecule is CC1C(=O)CCC1c1cccc(Cl)c1Cl. The Bertz CT molecular complexity index is 401. The van der Waals surface area contributed by atoms with Gasteiger partial charge in [0.1, 0.15) is 5.78 Å². The molecule has 2 atom stereocenters. The van der Waals surface area contributed by atoms with Gasteiger partial charge in [-0.3, -0.25) is 4.79 Å². The molecule has 0 aromatic heterocycles. The highest BCUT2D eigenvalue weighted by Gasteiger charge is 2.33. The van der Waals surface area contributed by atoms with Gasteiger partial charge in [-0.15, -0.1) is 0 Å². The summed E-state index contributed by atoms with van der Waals surface area (Å²) in [5.74, 6) is 0.640. The van der Waals surface area contributed by atoms with Crippen LogP contribution < -0.4 is 0 Å². The molecule has 80 valence electrons. The Morgan fingerprint density at radius 2 is 2.07 bits per heavy atom. The molecular formula is C12H12Cl2O. The van der Waals surface area contributed by atoms with Gasteiger partial charge in [0.25, 0.3) is 0 Å². The molecular weight excluding hydrogens is 231 g/mol. The van der Waals surface area contributed by atoms with E-state index in [0.717, 1.165) is 12.0 Å². The summed E-state index contributed by atoms with van der Waals surface area (Å²) in [6.45, 7) is 1.97. The molecule has 1 aromatic carbocycles. The third kappa shape index (κ3) is 1.91. The maximum Gasteiger partial charge on any atom is 0.136 e. The number of benzene rings is 1. The lowest BCUT2D eigenvalue weighted by Crippen LogP contribution is -2.09. The van der Waals surface area contributed by atoms with E-state index in [4.69, 9.17) is 23.2 Å². The molecule has 15 heavy (non-hydrogen) atoms. The highest BCUT2D eigenvalue weighted by atomic mass is 35.5. The van der Waals surface area contributed by atoms with Crippen LogP contribution in [-0.2, 0) is 4.79 Å². The van der Waals surface area contributed by atoms with Crippen molar-refractivity contribution in [2.75, 3.05) is 0 Å². The largest absolute Gasteiger partial charge is 0.299 e. The van der Waals surface area contributed by atoms with Gasteiger partial charge >= 0.3 is 0 Å². The molecule has 0 radical (unpaired) electrons. The predicted molar refractivity (Wildman–Crippen MR) is 62.6 cm³/mol. The van der Waals surface area contributed by atoms with E-state index in [9.17, 15) is 4.79 Å². The summed E-state index contributed by atoms with van der Waals surface area (Å²) >= 11 is 12.1. The molecule has 1 aliphatic carbocycles. The Morgan fingerprint density at radius 3 is 2.67 bits per heavy atom. The number of carbonyl (C=O) groups is 1. The quantitative estimate of drug-likeness (QED) is 0.726. The van der Waals surface area contributed by atoms with Crippen molar-refractivity contribution >= 4 is 29.0 Å². The Morgan fingerprint density at radius 1 is 1.33 bits per heavy atom. The van der Waals surface area contributed by atoms with Crippen LogP contribution in [-0.4, -0.2) is 5.78 Å². The van der Waals surface area contributed by atoms with E-state index in [1.807, 2.05) is 19.1 Å². The second-order valence-corrected chi connectivity index (χ2v) is 4.83. The Kier molecular flexibility index (Phi) is 3.03. The van der Waals surface area contributed by atoms with Crippen molar-refractivity contribution in [1.29, 1.82) is 0 Å². The highest BCUT2D eigenvalue weighted by Crippen LogP contribution is 2.41. The number of rotatable bonds is 1. The van der Waals surface area contributed by atoms with Gasteiger partial charge in [0.15, 0.2) is 0 Å². The number of carbonyl (C=O) groups excluding carboxylic acids is 1. The first-order valence-electron chi connectivity index (χ1n) is 5.08. The summed E-state index contributed by atoms with van der Waals surface area (Å²) in [5.41, 5.74) is 1.02. The minimum Gasteiger partial charge on any atom is -0.299 e. The molecule has 2 rings (SSSR count). The maximum atomic E-state index is 11.5. The first kappa shape index (κ1) is 11.0. The van der Waals surface area contributed by atoms with E-state index in [2.05, 4.69) is 0 Å². The summed E-state index contributed by atoms with van der Waals surface area (Å²) in [6, 6.07) is 5.63. The molecule has 1 nitrogen and oxygen atoms in total. The molecule has 1 saturated carbocycles. The molecule has 3 heteroatoms. The average molecular weight is 243 g/mol. The molecule has 2 unspecified atom stereocenters. The number of hydrogen-bond donors (Lipinski definition) is 0. The van der Waals surface area contributed by atoms with Crippen LogP contribution >= 0.6 is 23.2 Å². The van der Waals surface area contributed by atoms with Crippen molar-refractivity contribution in [2.24, 2.45) is 5.92 Å². The Labute approximate surface area is 99.4 Å². The number of hydrogen-bond acceptors (Lipinski definition) is 1. The summed E-state index contributed by atoms with van der Waals surface area (Å²) < 4.78 is 0. The molecule has 0 saturated heterocycles. The van der Waals surface area contributed by atoms with Gasteiger partial charge in [0.2, 0.25) is 0 Å². The van der Waals surface area contributed by atoms with E-state index in [0.29, 0.717) is 22.2 Å². The Hall–Kier alpha value is -0.530. The van der Waals surface area contributed by atoms with Gasteiger partial charge in [0.05, 0.1) is 10.0 Å². The fourth-order valence-electron chi connectivity index (χ4n) is 2.23. The van der Waals surface area contributed by atoms with Crippen molar-refractivity contribution in [3.8, 4) is 0 Å². The van der Waals surface area contributed by atoms with Crippen LogP contribution in [0.5, 0.6) is 0 Å². The second kappa shape index (κ2) is 4.15. The maximum absolute atomic E-state index is 11.5. The molecule has 0 spiro atoms. The summed E-state index contributed by atoms with van der Waals surface area (Å²) in [4.78, 5) is 11.5. The second-order valence-electron chi connectivity index (χ2n) is 4.04. The third-order valence-electron chi connectivity index (χ3n) is 3.19. The van der Waals surface area contributed by atoms with Crippen molar-refractivity contribution in [2.45, 2.75) is 25.7 Å². The van der Waals surface area contributed by atoms with E-state index >= 15 is 0 Å². The van der Waals surface area contributed by atoms with E-state index in [1.54, 1.807) is 6.07 Å². The zero-order valence-electron chi connectivity index (χ0n) is 8.47. The van der Waals surface area contributed by atoms with Crippen molar-refractivity contribution < 1.29 is 4.79 Å². The smallest absolute Gasteiger partial charge is 0.136 e. The van der Waals surface area contributed by atoms with E-state index in [1.165, 1.54) is 0 Å². The van der Waals surface area contributed by atoms with Gasteiger partial charge in [-0.2, -0.15) is 0 Å². The molecule has 0 amide bonds. The fraction of sp³-hybridized carbons (Fsp3) is 0.417. The average Bonchev–Trinajstić information content (AvgIpc) is 2.53. The van der Waals surface area contributed by atoms with Crippen LogP contribution in [0.3, 0.4) is 0 Å². The lowest BCUT2D eigenvalue weighted by molar-refractivity contribution is -0.120. The molecule has 0 heterocycles. The molecule has 0 N–H and O–H groups in total. The molecule has 0 aliphatic heterocycles. The fourth-order valence-corrected chi connectivity index (χ4v) is 2.68. The minimum atomic E-state index is 0.0703. The molecule has 1 fully saturated rings. The lowest BCUT2D eigenvalue weighted by atomic mass is 9.90. The van der Waals surface area contributed by atoms with Crippen LogP contribution in [0.1, 0.15) is 31.2 Å². The lowest BCUT2D eigenvalue weighted by Gasteiger charge is -2.16. The van der Waals surface area contributed by atoms with Crippen molar-refractivity contribution in [3.05, 3.63) is 33.8 Å². The van der Waals surface area contributed by atoms with Gasteiger partial charge in [-0.1, -0.05) is 42.3 Å². The van der Waals surface area contributed by atoms with Crippen LogP contribution in [0.2, 0.25) is 10.0 Å².